The highest BCUT2D eigenvalue weighted by atomic mass is 16.6. The van der Waals surface area contributed by atoms with Crippen LogP contribution in [0.1, 0.15) is 78.0 Å². The summed E-state index contributed by atoms with van der Waals surface area (Å²) < 4.78 is 16.9. The van der Waals surface area contributed by atoms with Crippen molar-refractivity contribution < 1.29 is 23.8 Å². The van der Waals surface area contributed by atoms with Crippen LogP contribution in [-0.2, 0) is 20.7 Å². The van der Waals surface area contributed by atoms with Gasteiger partial charge >= 0.3 is 5.97 Å². The Morgan fingerprint density at radius 3 is 2.31 bits per heavy atom. The highest BCUT2D eigenvalue weighted by Crippen LogP contribution is 2.29. The minimum absolute atomic E-state index is 0.0507. The van der Waals surface area contributed by atoms with E-state index >= 15 is 0 Å². The Morgan fingerprint density at radius 2 is 1.69 bits per heavy atom. The van der Waals surface area contributed by atoms with Crippen molar-refractivity contribution in [3.63, 3.8) is 0 Å². The number of unbranched alkanes of at least 4 members (excludes halogenated alkanes) is 1. The van der Waals surface area contributed by atoms with Crippen molar-refractivity contribution >= 4 is 11.9 Å². The van der Waals surface area contributed by atoms with E-state index in [1.165, 1.54) is 0 Å². The van der Waals surface area contributed by atoms with E-state index in [-0.39, 0.29) is 18.4 Å². The molecule has 1 amide bonds. The Balaban J connectivity index is 2.06. The Kier molecular flexibility index (Phi) is 11.1. The number of nitrogens with one attached hydrogen (secondary N) is 1. The van der Waals surface area contributed by atoms with Crippen LogP contribution in [0.2, 0.25) is 0 Å². The molecule has 0 spiro atoms. The van der Waals surface area contributed by atoms with Crippen LogP contribution >= 0.6 is 0 Å². The SMILES string of the molecule is CCCCC(NC(=O)Cc1ccc(OC(C)(C)C(=O)OCC)cc1)c1ccccc1OCC(C)C. The molecule has 6 heteroatoms. The van der Waals surface area contributed by atoms with E-state index in [2.05, 4.69) is 26.1 Å². The molecule has 2 aromatic rings. The minimum Gasteiger partial charge on any atom is -0.493 e. The summed E-state index contributed by atoms with van der Waals surface area (Å²) in [6, 6.07) is 15.1. The number of para-hydroxylation sites is 1. The molecule has 0 heterocycles. The van der Waals surface area contributed by atoms with E-state index in [0.29, 0.717) is 24.9 Å². The summed E-state index contributed by atoms with van der Waals surface area (Å²) in [5.74, 6) is 1.32. The third-order valence-corrected chi connectivity index (χ3v) is 5.48. The van der Waals surface area contributed by atoms with Gasteiger partial charge in [-0.2, -0.15) is 0 Å². The number of rotatable bonds is 14. The number of hydrogen-bond donors (Lipinski definition) is 1. The molecular formula is C29H41NO5. The van der Waals surface area contributed by atoms with Crippen molar-refractivity contribution in [1.29, 1.82) is 0 Å². The average Bonchev–Trinajstić information content (AvgIpc) is 2.82. The molecule has 0 aromatic heterocycles. The zero-order chi connectivity index (χ0) is 25.8. The van der Waals surface area contributed by atoms with Crippen LogP contribution in [-0.4, -0.2) is 30.7 Å². The van der Waals surface area contributed by atoms with Gasteiger partial charge in [0.2, 0.25) is 5.91 Å². The van der Waals surface area contributed by atoms with Crippen molar-refractivity contribution in [3.8, 4) is 11.5 Å². The van der Waals surface area contributed by atoms with E-state index in [4.69, 9.17) is 14.2 Å². The van der Waals surface area contributed by atoms with Gasteiger partial charge in [0.05, 0.1) is 25.7 Å². The summed E-state index contributed by atoms with van der Waals surface area (Å²) in [4.78, 5) is 25.0. The molecule has 0 saturated heterocycles. The predicted octanol–water partition coefficient (Wildman–Crippen LogP) is 6.03. The molecular weight excluding hydrogens is 442 g/mol. The highest BCUT2D eigenvalue weighted by Gasteiger charge is 2.31. The molecule has 1 atom stereocenters. The lowest BCUT2D eigenvalue weighted by Crippen LogP contribution is -2.39. The number of ether oxygens (including phenoxy) is 3. The second kappa shape index (κ2) is 13.8. The lowest BCUT2D eigenvalue weighted by atomic mass is 9.99. The van der Waals surface area contributed by atoms with E-state index in [9.17, 15) is 9.59 Å². The Hall–Kier alpha value is -3.02. The number of hydrogen-bond acceptors (Lipinski definition) is 5. The van der Waals surface area contributed by atoms with Crippen LogP contribution < -0.4 is 14.8 Å². The van der Waals surface area contributed by atoms with Crippen LogP contribution in [0.4, 0.5) is 0 Å². The molecule has 0 bridgehead atoms. The number of carbonyl (C=O) groups excluding carboxylic acids is 2. The quantitative estimate of drug-likeness (QED) is 0.332. The summed E-state index contributed by atoms with van der Waals surface area (Å²) in [6.07, 6.45) is 3.15. The topological polar surface area (TPSA) is 73.9 Å². The first kappa shape index (κ1) is 28.2. The zero-order valence-electron chi connectivity index (χ0n) is 22.1. The van der Waals surface area contributed by atoms with Crippen LogP contribution in [0.25, 0.3) is 0 Å². The molecule has 35 heavy (non-hydrogen) atoms. The average molecular weight is 484 g/mol. The lowest BCUT2D eigenvalue weighted by molar-refractivity contribution is -0.158. The number of carbonyl (C=O) groups is 2. The lowest BCUT2D eigenvalue weighted by Gasteiger charge is -2.24. The third-order valence-electron chi connectivity index (χ3n) is 5.48. The molecule has 0 aliphatic rings. The number of benzene rings is 2. The maximum absolute atomic E-state index is 13.0. The van der Waals surface area contributed by atoms with E-state index in [1.807, 2.05) is 36.4 Å². The smallest absolute Gasteiger partial charge is 0.349 e. The first-order valence-electron chi connectivity index (χ1n) is 12.6. The van der Waals surface area contributed by atoms with Gasteiger partial charge in [0, 0.05) is 5.56 Å². The van der Waals surface area contributed by atoms with Crippen LogP contribution in [0.15, 0.2) is 48.5 Å². The second-order valence-corrected chi connectivity index (χ2v) is 9.66. The van der Waals surface area contributed by atoms with Crippen LogP contribution in [0.3, 0.4) is 0 Å². The summed E-state index contributed by atoms with van der Waals surface area (Å²) in [7, 11) is 0. The molecule has 1 unspecified atom stereocenters. The van der Waals surface area contributed by atoms with Gasteiger partial charge < -0.3 is 19.5 Å². The molecule has 2 rings (SSSR count). The van der Waals surface area contributed by atoms with Crippen molar-refractivity contribution in [2.24, 2.45) is 5.92 Å². The minimum atomic E-state index is -1.09. The van der Waals surface area contributed by atoms with Crippen molar-refractivity contribution in [2.45, 2.75) is 78.9 Å². The molecule has 1 N–H and O–H groups in total. The van der Waals surface area contributed by atoms with Crippen LogP contribution in [0.5, 0.6) is 11.5 Å². The number of esters is 1. The maximum atomic E-state index is 13.0. The van der Waals surface area contributed by atoms with Gasteiger partial charge in [-0.15, -0.1) is 0 Å². The Labute approximate surface area is 210 Å². The second-order valence-electron chi connectivity index (χ2n) is 9.66. The van der Waals surface area contributed by atoms with E-state index < -0.39 is 11.6 Å². The summed E-state index contributed by atoms with van der Waals surface area (Å²) in [5, 5.41) is 3.22. The summed E-state index contributed by atoms with van der Waals surface area (Å²) in [6.45, 7) is 12.4. The van der Waals surface area contributed by atoms with Crippen molar-refractivity contribution in [3.05, 3.63) is 59.7 Å². The Morgan fingerprint density at radius 1 is 1.00 bits per heavy atom. The summed E-state index contributed by atoms with van der Waals surface area (Å²) in [5.41, 5.74) is 0.786. The fourth-order valence-electron chi connectivity index (χ4n) is 3.62. The van der Waals surface area contributed by atoms with Gasteiger partial charge in [0.1, 0.15) is 11.5 Å². The normalized spacial score (nSPS) is 12.2. The van der Waals surface area contributed by atoms with Gasteiger partial charge in [0.15, 0.2) is 5.60 Å². The van der Waals surface area contributed by atoms with Gasteiger partial charge in [-0.1, -0.05) is 63.9 Å². The molecule has 0 radical (unpaired) electrons. The fourth-order valence-corrected chi connectivity index (χ4v) is 3.62. The zero-order valence-corrected chi connectivity index (χ0v) is 22.1. The first-order chi connectivity index (χ1) is 16.7. The van der Waals surface area contributed by atoms with Crippen molar-refractivity contribution in [2.75, 3.05) is 13.2 Å². The van der Waals surface area contributed by atoms with E-state index in [1.54, 1.807) is 32.9 Å². The third kappa shape index (κ3) is 9.27. The fraction of sp³-hybridized carbons (Fsp3) is 0.517. The van der Waals surface area contributed by atoms with Gasteiger partial charge in [-0.05, 0) is 56.9 Å². The molecule has 0 aliphatic carbocycles. The van der Waals surface area contributed by atoms with Gasteiger partial charge in [-0.25, -0.2) is 4.79 Å². The van der Waals surface area contributed by atoms with Crippen molar-refractivity contribution in [1.82, 2.24) is 5.32 Å². The first-order valence-corrected chi connectivity index (χ1v) is 12.6. The molecule has 0 saturated carbocycles. The molecule has 0 aliphatic heterocycles. The monoisotopic (exact) mass is 483 g/mol. The van der Waals surface area contributed by atoms with Crippen LogP contribution in [0, 0.1) is 5.92 Å². The standard InChI is InChI=1S/C29H41NO5/c1-7-9-13-25(24-12-10-11-14-26(24)34-20-21(3)4)30-27(31)19-22-15-17-23(18-16-22)35-29(5,6)28(32)33-8-2/h10-12,14-18,21,25H,7-9,13,19-20H2,1-6H3,(H,30,31). The predicted molar refractivity (Wildman–Crippen MR) is 139 cm³/mol. The van der Waals surface area contributed by atoms with Gasteiger partial charge in [0.25, 0.3) is 0 Å². The number of amides is 1. The molecule has 192 valence electrons. The van der Waals surface area contributed by atoms with E-state index in [0.717, 1.165) is 36.1 Å². The molecule has 2 aromatic carbocycles. The maximum Gasteiger partial charge on any atom is 0.349 e. The summed E-state index contributed by atoms with van der Waals surface area (Å²) >= 11 is 0. The largest absolute Gasteiger partial charge is 0.493 e. The van der Waals surface area contributed by atoms with Gasteiger partial charge in [-0.3, -0.25) is 4.79 Å². The Bertz CT molecular complexity index is 936. The molecule has 6 nitrogen and oxygen atoms in total. The highest BCUT2D eigenvalue weighted by molar-refractivity contribution is 5.80. The molecule has 0 fully saturated rings.